The fourth-order valence-electron chi connectivity index (χ4n) is 1.86. The fraction of sp³-hybridized carbons (Fsp3) is 0.273. The smallest absolute Gasteiger partial charge is 0.358 e. The molecule has 108 valence electrons. The molecule has 3 heterocycles. The van der Waals surface area contributed by atoms with Gasteiger partial charge in [-0.2, -0.15) is 14.6 Å². The molecule has 3 rings (SSSR count). The van der Waals surface area contributed by atoms with Gasteiger partial charge in [0, 0.05) is 18.3 Å². The SMILES string of the molecule is Cc1cc(NCCn2cc(C(=O)O)nn2)n2ncnc2n1. The molecule has 0 aromatic carbocycles. The van der Waals surface area contributed by atoms with Gasteiger partial charge in [-0.25, -0.2) is 14.5 Å². The first kappa shape index (κ1) is 13.0. The Morgan fingerprint density at radius 1 is 1.48 bits per heavy atom. The monoisotopic (exact) mass is 288 g/mol. The van der Waals surface area contributed by atoms with Crippen molar-refractivity contribution < 1.29 is 9.90 Å². The Labute approximate surface area is 118 Å². The predicted octanol–water partition coefficient (Wildman–Crippen LogP) is -0.165. The zero-order chi connectivity index (χ0) is 14.8. The number of nitrogens with zero attached hydrogens (tertiary/aromatic N) is 7. The minimum Gasteiger partial charge on any atom is -0.476 e. The van der Waals surface area contributed by atoms with E-state index in [2.05, 4.69) is 30.7 Å². The molecule has 3 aromatic heterocycles. The van der Waals surface area contributed by atoms with Crippen molar-refractivity contribution in [1.82, 2.24) is 34.6 Å². The third-order valence-electron chi connectivity index (χ3n) is 2.78. The van der Waals surface area contributed by atoms with Gasteiger partial charge in [0.1, 0.15) is 12.1 Å². The number of fused-ring (bicyclic) bond motifs is 1. The number of aromatic nitrogens is 7. The molecule has 0 atom stereocenters. The highest BCUT2D eigenvalue weighted by atomic mass is 16.4. The van der Waals surface area contributed by atoms with E-state index in [1.807, 2.05) is 13.0 Å². The first-order valence-corrected chi connectivity index (χ1v) is 6.18. The van der Waals surface area contributed by atoms with E-state index in [0.717, 1.165) is 11.5 Å². The van der Waals surface area contributed by atoms with Crippen LogP contribution in [0.3, 0.4) is 0 Å². The number of aryl methyl sites for hydroxylation is 1. The minimum absolute atomic E-state index is 0.0755. The molecule has 0 saturated carbocycles. The van der Waals surface area contributed by atoms with Crippen LogP contribution in [0.15, 0.2) is 18.6 Å². The lowest BCUT2D eigenvalue weighted by molar-refractivity contribution is 0.0690. The van der Waals surface area contributed by atoms with Crippen molar-refractivity contribution in [2.75, 3.05) is 11.9 Å². The average molecular weight is 288 g/mol. The van der Waals surface area contributed by atoms with Crippen LogP contribution in [-0.4, -0.2) is 52.2 Å². The molecule has 3 aromatic rings. The zero-order valence-corrected chi connectivity index (χ0v) is 11.1. The zero-order valence-electron chi connectivity index (χ0n) is 11.1. The van der Waals surface area contributed by atoms with Crippen LogP contribution >= 0.6 is 0 Å². The second-order valence-corrected chi connectivity index (χ2v) is 4.35. The summed E-state index contributed by atoms with van der Waals surface area (Å²) in [4.78, 5) is 19.0. The normalized spacial score (nSPS) is 10.9. The molecule has 0 spiro atoms. The standard InChI is InChI=1S/C11H12N8O2/c1-7-4-9(19-11(15-7)13-6-14-19)12-2-3-18-5-8(10(20)21)16-17-18/h4-6,12H,2-3H2,1H3,(H,20,21). The number of carboxylic acids is 1. The maximum atomic E-state index is 10.7. The first-order valence-electron chi connectivity index (χ1n) is 6.18. The molecule has 10 heteroatoms. The molecule has 0 saturated heterocycles. The van der Waals surface area contributed by atoms with E-state index >= 15 is 0 Å². The number of carboxylic acid groups (broad SMARTS) is 1. The van der Waals surface area contributed by atoms with Crippen LogP contribution in [-0.2, 0) is 6.54 Å². The van der Waals surface area contributed by atoms with Crippen molar-refractivity contribution in [1.29, 1.82) is 0 Å². The molecule has 0 aliphatic rings. The molecular formula is C11H12N8O2. The first-order chi connectivity index (χ1) is 10.1. The molecule has 0 radical (unpaired) electrons. The van der Waals surface area contributed by atoms with Gasteiger partial charge in [-0.05, 0) is 6.92 Å². The van der Waals surface area contributed by atoms with Crippen LogP contribution < -0.4 is 5.32 Å². The van der Waals surface area contributed by atoms with Crippen molar-refractivity contribution in [2.45, 2.75) is 13.5 Å². The van der Waals surface area contributed by atoms with Crippen LogP contribution in [0, 0.1) is 6.92 Å². The van der Waals surface area contributed by atoms with E-state index in [1.54, 1.807) is 4.52 Å². The maximum Gasteiger partial charge on any atom is 0.358 e. The second kappa shape index (κ2) is 5.15. The number of anilines is 1. The van der Waals surface area contributed by atoms with Crippen LogP contribution in [0.5, 0.6) is 0 Å². The molecule has 0 amide bonds. The van der Waals surface area contributed by atoms with Gasteiger partial charge < -0.3 is 10.4 Å². The van der Waals surface area contributed by atoms with E-state index in [-0.39, 0.29) is 5.69 Å². The average Bonchev–Trinajstić information content (AvgIpc) is 3.06. The van der Waals surface area contributed by atoms with Crippen molar-refractivity contribution in [3.05, 3.63) is 30.0 Å². The summed E-state index contributed by atoms with van der Waals surface area (Å²) in [7, 11) is 0. The topological polar surface area (TPSA) is 123 Å². The van der Waals surface area contributed by atoms with E-state index in [0.29, 0.717) is 18.9 Å². The third-order valence-corrected chi connectivity index (χ3v) is 2.78. The lowest BCUT2D eigenvalue weighted by Crippen LogP contribution is -2.14. The number of hydrogen-bond acceptors (Lipinski definition) is 7. The van der Waals surface area contributed by atoms with Crippen molar-refractivity contribution in [2.24, 2.45) is 0 Å². The minimum atomic E-state index is -1.09. The Hall–Kier alpha value is -3.04. The van der Waals surface area contributed by atoms with E-state index in [9.17, 15) is 4.79 Å². The second-order valence-electron chi connectivity index (χ2n) is 4.35. The van der Waals surface area contributed by atoms with Crippen LogP contribution in [0.4, 0.5) is 5.82 Å². The highest BCUT2D eigenvalue weighted by molar-refractivity contribution is 5.84. The maximum absolute atomic E-state index is 10.7. The van der Waals surface area contributed by atoms with Gasteiger partial charge in [0.2, 0.25) is 0 Å². The van der Waals surface area contributed by atoms with E-state index in [4.69, 9.17) is 5.11 Å². The summed E-state index contributed by atoms with van der Waals surface area (Å²) in [5.41, 5.74) is 0.750. The van der Waals surface area contributed by atoms with Crippen LogP contribution in [0.1, 0.15) is 16.2 Å². The highest BCUT2D eigenvalue weighted by Crippen LogP contribution is 2.09. The van der Waals surface area contributed by atoms with E-state index < -0.39 is 5.97 Å². The van der Waals surface area contributed by atoms with E-state index in [1.165, 1.54) is 17.2 Å². The van der Waals surface area contributed by atoms with Gasteiger partial charge in [0.05, 0.1) is 12.7 Å². The molecule has 0 bridgehead atoms. The quantitative estimate of drug-likeness (QED) is 0.663. The molecule has 0 aliphatic carbocycles. The van der Waals surface area contributed by atoms with Gasteiger partial charge in [0.25, 0.3) is 5.78 Å². The molecule has 0 unspecified atom stereocenters. The Balaban J connectivity index is 1.68. The van der Waals surface area contributed by atoms with Gasteiger partial charge in [-0.3, -0.25) is 0 Å². The molecular weight excluding hydrogens is 276 g/mol. The van der Waals surface area contributed by atoms with Crippen molar-refractivity contribution >= 4 is 17.6 Å². The summed E-state index contributed by atoms with van der Waals surface area (Å²) in [6, 6.07) is 1.85. The lowest BCUT2D eigenvalue weighted by Gasteiger charge is -2.08. The summed E-state index contributed by atoms with van der Waals surface area (Å²) < 4.78 is 3.06. The number of rotatable bonds is 5. The molecule has 0 fully saturated rings. The molecule has 2 N–H and O–H groups in total. The summed E-state index contributed by atoms with van der Waals surface area (Å²) in [6.45, 7) is 2.87. The van der Waals surface area contributed by atoms with Crippen molar-refractivity contribution in [3.8, 4) is 0 Å². The van der Waals surface area contributed by atoms with Crippen molar-refractivity contribution in [3.63, 3.8) is 0 Å². The van der Waals surface area contributed by atoms with Gasteiger partial charge in [0.15, 0.2) is 5.69 Å². The van der Waals surface area contributed by atoms with Crippen LogP contribution in [0.25, 0.3) is 5.78 Å². The largest absolute Gasteiger partial charge is 0.476 e. The third kappa shape index (κ3) is 2.63. The van der Waals surface area contributed by atoms with Crippen LogP contribution in [0.2, 0.25) is 0 Å². The van der Waals surface area contributed by atoms with Gasteiger partial charge in [-0.1, -0.05) is 5.21 Å². The summed E-state index contributed by atoms with van der Waals surface area (Å²) in [6.07, 6.45) is 2.82. The summed E-state index contributed by atoms with van der Waals surface area (Å²) in [5, 5.41) is 23.3. The molecule has 21 heavy (non-hydrogen) atoms. The fourth-order valence-corrected chi connectivity index (χ4v) is 1.86. The predicted molar refractivity (Wildman–Crippen MR) is 71.0 cm³/mol. The number of nitrogens with one attached hydrogen (secondary N) is 1. The number of hydrogen-bond donors (Lipinski definition) is 2. The summed E-state index contributed by atoms with van der Waals surface area (Å²) in [5.74, 6) is 0.184. The van der Waals surface area contributed by atoms with Gasteiger partial charge in [-0.15, -0.1) is 5.10 Å². The molecule has 0 aliphatic heterocycles. The Morgan fingerprint density at radius 3 is 3.10 bits per heavy atom. The number of aromatic carboxylic acids is 1. The molecule has 10 nitrogen and oxygen atoms in total. The Bertz CT molecular complexity index is 792. The number of carbonyl (C=O) groups is 1. The Morgan fingerprint density at radius 2 is 2.33 bits per heavy atom. The highest BCUT2D eigenvalue weighted by Gasteiger charge is 2.08. The summed E-state index contributed by atoms with van der Waals surface area (Å²) >= 11 is 0. The Kier molecular flexibility index (Phi) is 3.18. The van der Waals surface area contributed by atoms with Gasteiger partial charge >= 0.3 is 5.97 Å². The lowest BCUT2D eigenvalue weighted by atomic mass is 10.4.